The Kier molecular flexibility index (Phi) is 38.2. The number of hydrogen-bond acceptors (Lipinski definition) is 22. The minimum atomic E-state index is -4.99. The van der Waals surface area contributed by atoms with Crippen molar-refractivity contribution in [3.8, 4) is 0 Å². The average Bonchev–Trinajstić information content (AvgIpc) is 1.25. The molecule has 6 aromatic carbocycles. The van der Waals surface area contributed by atoms with Crippen LogP contribution in [-0.4, -0.2) is 109 Å². The number of alkyl halides is 18. The molecule has 0 fully saturated rings. The molecule has 0 radical (unpaired) electrons. The lowest BCUT2D eigenvalue weighted by molar-refractivity contribution is -0.742. The van der Waals surface area contributed by atoms with Crippen molar-refractivity contribution in [3.63, 3.8) is 0 Å². The second-order valence-corrected chi connectivity index (χ2v) is 21.5. The summed E-state index contributed by atoms with van der Waals surface area (Å²) in [6.45, 7) is 5.43. The zero-order valence-corrected chi connectivity index (χ0v) is 55.8. The highest BCUT2D eigenvalue weighted by Crippen LogP contribution is 2.43. The topological polar surface area (TPSA) is 580 Å². The van der Waals surface area contributed by atoms with Crippen molar-refractivity contribution in [2.45, 2.75) is 64.8 Å². The number of aromatic amines is 1. The Morgan fingerprint density at radius 3 is 0.917 bits per heavy atom. The zero-order valence-electron chi connectivity index (χ0n) is 54.1. The van der Waals surface area contributed by atoms with E-state index in [9.17, 15) is 140 Å². The molecule has 0 bridgehead atoms. The molecule has 0 aliphatic heterocycles. The zero-order chi connectivity index (χ0) is 86.6. The maximum atomic E-state index is 12.8. The van der Waals surface area contributed by atoms with Crippen molar-refractivity contribution in [3.05, 3.63) is 258 Å². The number of nitro groups is 6. The Morgan fingerprint density at radius 2 is 0.679 bits per heavy atom. The lowest BCUT2D eigenvalue weighted by atomic mass is 10.1. The number of fused-ring (bicyclic) bond motifs is 1. The van der Waals surface area contributed by atoms with E-state index in [4.69, 9.17) is 71.4 Å². The van der Waals surface area contributed by atoms with Gasteiger partial charge in [-0.15, -0.1) is 20.2 Å². The van der Waals surface area contributed by atoms with Gasteiger partial charge >= 0.3 is 57.9 Å². The van der Waals surface area contributed by atoms with E-state index in [-0.39, 0.29) is 22.4 Å². The molecule has 0 amide bonds. The van der Waals surface area contributed by atoms with E-state index in [1.807, 2.05) is 0 Å². The molecule has 0 aliphatic rings. The summed E-state index contributed by atoms with van der Waals surface area (Å²) in [5, 5.41) is 91.1. The van der Waals surface area contributed by atoms with Crippen molar-refractivity contribution in [2.24, 2.45) is 0 Å². The fourth-order valence-corrected chi connectivity index (χ4v) is 7.02. The highest BCUT2D eigenvalue weighted by molar-refractivity contribution is 7.80. The standard InChI is InChI=1S/C11H10F3N3O4.C9H7F3N2.2C8H5F3N2O4.2C8H7F3.2HNO3.2H2O4S/c1-15(2)4-3-7-5-8(11(12,13)14)10(17(20)21)6-9(7)16(18)19;10-9(11,12)6-3-5-1-2-14-8(5)4-7(6)13;2*1-4-2-5(8(9,10)11)7(13(16)17)3-6(4)12(14)15;2*1-6-3-2-4-7(5-6)8(9,10)11;2*2-1(3)4;2*1-5(2,3)4/h3-6H,1-2H3;1-4,14H,13H2;2*2-3H,1H3;2*2-5H,1H3;2*(H,2,3,4);2*(H2,1,2,3,4)/b4-3+;;;;;;;;;. The first kappa shape index (κ1) is 101. The Hall–Kier alpha value is -12.5. The summed E-state index contributed by atoms with van der Waals surface area (Å²) in [5.74, 6) is 0. The third-order valence-corrected chi connectivity index (χ3v) is 11.1. The van der Waals surface area contributed by atoms with Gasteiger partial charge in [-0.25, -0.2) is 0 Å². The van der Waals surface area contributed by atoms with Crippen LogP contribution in [0, 0.1) is 109 Å². The van der Waals surface area contributed by atoms with Crippen LogP contribution in [0.25, 0.3) is 17.0 Å². The Bertz CT molecular complexity index is 4420. The summed E-state index contributed by atoms with van der Waals surface area (Å²) in [6.07, 6.45) is -23.7. The number of aryl methyl sites for hydroxylation is 4. The van der Waals surface area contributed by atoms with Gasteiger partial charge in [0, 0.05) is 48.0 Å². The van der Waals surface area contributed by atoms with Gasteiger partial charge in [0.15, 0.2) is 0 Å². The average molecular weight is 1650 g/mol. The lowest BCUT2D eigenvalue weighted by Gasteiger charge is -2.09. The maximum Gasteiger partial charge on any atom is 0.423 e. The van der Waals surface area contributed by atoms with Crippen molar-refractivity contribution in [1.29, 1.82) is 0 Å². The van der Waals surface area contributed by atoms with E-state index < -0.39 is 165 Å². The largest absolute Gasteiger partial charge is 0.423 e. The Morgan fingerprint density at radius 1 is 0.404 bits per heavy atom. The summed E-state index contributed by atoms with van der Waals surface area (Å²) < 4.78 is 285. The molecule has 604 valence electrons. The van der Waals surface area contributed by atoms with Gasteiger partial charge in [0.05, 0.1) is 70.0 Å². The van der Waals surface area contributed by atoms with Gasteiger partial charge in [0.2, 0.25) is 0 Å². The molecule has 7 rings (SSSR count). The highest BCUT2D eigenvalue weighted by atomic mass is 32.3. The SMILES string of the molecule is CN(C)/C=C/c1cc(C(F)(F)F)c([N+](=O)[O-])cc1[N+](=O)[O-].Cc1cc(C(F)(F)F)c([N+](=O)[O-])cc1[N+](=O)[O-].Cc1cc(C(F)(F)F)c([N+](=O)[O-])cc1[N+](=O)[O-].Cc1cccc(C(F)(F)F)c1.Cc1cccc(C(F)(F)F)c1.Nc1cc2[nH]ccc2cc1C(F)(F)F.O=S(=O)(O)O.O=S(=O)(O)O.O=[N+]([O-])O.O=[N+]([O-])O. The molecule has 0 unspecified atom stereocenters. The summed E-state index contributed by atoms with van der Waals surface area (Å²) in [4.78, 5) is 77.5. The molecule has 109 heavy (non-hydrogen) atoms. The maximum absolute atomic E-state index is 12.8. The van der Waals surface area contributed by atoms with Gasteiger partial charge < -0.3 is 26.0 Å². The summed E-state index contributed by atoms with van der Waals surface area (Å²) in [7, 11) is -6.20. The quantitative estimate of drug-likeness (QED) is 0.0230. The normalized spacial score (nSPS) is 11.2. The van der Waals surface area contributed by atoms with E-state index >= 15 is 0 Å². The van der Waals surface area contributed by atoms with Crippen LogP contribution in [0.2, 0.25) is 0 Å². The summed E-state index contributed by atoms with van der Waals surface area (Å²) >= 11 is 0. The smallest absolute Gasteiger partial charge is 0.398 e. The molecule has 37 nitrogen and oxygen atoms in total. The number of nitro benzene ring substituents is 6. The first-order valence-electron chi connectivity index (χ1n) is 26.4. The van der Waals surface area contributed by atoms with Crippen molar-refractivity contribution < 1.29 is 164 Å². The summed E-state index contributed by atoms with van der Waals surface area (Å²) in [5.41, 5.74) is -6.73. The van der Waals surface area contributed by atoms with Crippen LogP contribution in [0.5, 0.6) is 0 Å². The first-order chi connectivity index (χ1) is 48.8. The molecule has 9 N–H and O–H groups in total. The van der Waals surface area contributed by atoms with Crippen LogP contribution in [0.3, 0.4) is 0 Å². The fraction of sp³-hybridized carbons (Fsp3) is 0.231. The van der Waals surface area contributed by atoms with Gasteiger partial charge in [-0.05, 0) is 88.5 Å². The van der Waals surface area contributed by atoms with Gasteiger partial charge in [-0.2, -0.15) is 95.9 Å². The molecule has 7 aromatic rings. The van der Waals surface area contributed by atoms with E-state index in [2.05, 4.69) is 4.98 Å². The van der Waals surface area contributed by atoms with Gasteiger partial charge in [-0.3, -0.25) is 78.9 Å². The highest BCUT2D eigenvalue weighted by Gasteiger charge is 2.43. The second kappa shape index (κ2) is 41.4. The molecule has 0 saturated carbocycles. The Balaban J connectivity index is -0.00000119. The van der Waals surface area contributed by atoms with Gasteiger partial charge in [-0.1, -0.05) is 47.5 Å². The molecular weight excluding hydrogens is 1600 g/mol. The van der Waals surface area contributed by atoms with Crippen LogP contribution in [0.15, 0.2) is 116 Å². The molecule has 1 aromatic heterocycles. The van der Waals surface area contributed by atoms with E-state index in [1.54, 1.807) is 52.3 Å². The van der Waals surface area contributed by atoms with E-state index in [0.717, 1.165) is 50.3 Å². The van der Waals surface area contributed by atoms with Crippen LogP contribution in [0.4, 0.5) is 119 Å². The number of nitrogens with one attached hydrogen (secondary N) is 1. The number of aromatic nitrogens is 1. The van der Waals surface area contributed by atoms with E-state index in [0.29, 0.717) is 58.4 Å². The summed E-state index contributed by atoms with van der Waals surface area (Å²) in [6, 6.07) is 16.5. The van der Waals surface area contributed by atoms with Crippen LogP contribution in [0.1, 0.15) is 61.2 Å². The molecular formula is C52H47F18N11O26S2. The molecule has 1 heterocycles. The fourth-order valence-electron chi connectivity index (χ4n) is 7.02. The molecule has 0 aliphatic carbocycles. The number of rotatable bonds is 8. The molecule has 0 atom stereocenters. The molecule has 0 saturated heterocycles. The van der Waals surface area contributed by atoms with Crippen molar-refractivity contribution in [2.75, 3.05) is 19.8 Å². The minimum absolute atomic E-state index is 0.257. The monoisotopic (exact) mass is 1650 g/mol. The Labute approximate surface area is 592 Å². The molecule has 0 spiro atoms. The predicted octanol–water partition coefficient (Wildman–Crippen LogP) is 15.5. The minimum Gasteiger partial charge on any atom is -0.398 e. The van der Waals surface area contributed by atoms with Crippen LogP contribution >= 0.6 is 0 Å². The van der Waals surface area contributed by atoms with Crippen molar-refractivity contribution in [1.82, 2.24) is 9.88 Å². The third kappa shape index (κ3) is 41.1. The first-order valence-corrected chi connectivity index (χ1v) is 29.2. The number of benzene rings is 6. The number of nitrogen functional groups attached to an aromatic ring is 1. The number of halogens is 18. The lowest BCUT2D eigenvalue weighted by Crippen LogP contribution is -2.10. The van der Waals surface area contributed by atoms with Gasteiger partial charge in [0.25, 0.3) is 44.3 Å². The number of hydrogen-bond donors (Lipinski definition) is 8. The number of anilines is 1. The van der Waals surface area contributed by atoms with Crippen LogP contribution < -0.4 is 5.73 Å². The number of nitrogens with two attached hydrogens (primary N) is 1. The predicted molar refractivity (Wildman–Crippen MR) is 332 cm³/mol. The second-order valence-electron chi connectivity index (χ2n) is 19.7. The number of H-pyrrole nitrogens is 1. The van der Waals surface area contributed by atoms with Crippen LogP contribution in [-0.2, 0) is 57.9 Å². The van der Waals surface area contributed by atoms with Crippen molar-refractivity contribution >= 4 is 77.6 Å². The molecule has 57 heteroatoms. The van der Waals surface area contributed by atoms with E-state index in [1.165, 1.54) is 29.3 Å². The third-order valence-electron chi connectivity index (χ3n) is 11.1. The van der Waals surface area contributed by atoms with Gasteiger partial charge in [0.1, 0.15) is 16.7 Å². The number of nitrogens with zero attached hydrogens (tertiary/aromatic N) is 9.